The fraction of sp³-hybridized carbons (Fsp3) is 0.455. The number of halogens is 2. The summed E-state index contributed by atoms with van der Waals surface area (Å²) < 4.78 is 27.9. The first-order chi connectivity index (χ1) is 7.11. The predicted octanol–water partition coefficient (Wildman–Crippen LogP) is 3.50. The van der Waals surface area contributed by atoms with E-state index in [0.717, 1.165) is 12.1 Å². The monoisotopic (exact) mass is 215 g/mol. The summed E-state index contributed by atoms with van der Waals surface area (Å²) in [5.74, 6) is 0.180. The lowest BCUT2D eigenvalue weighted by Crippen LogP contribution is -2.13. The molecular formula is C11H15F2NO. The van der Waals surface area contributed by atoms with Crippen LogP contribution in [0.3, 0.4) is 0 Å². The first kappa shape index (κ1) is 11.8. The Morgan fingerprint density at radius 2 is 1.87 bits per heavy atom. The van der Waals surface area contributed by atoms with Crippen molar-refractivity contribution in [3.05, 3.63) is 24.3 Å². The van der Waals surface area contributed by atoms with Gasteiger partial charge in [-0.25, -0.2) is 0 Å². The standard InChI is InChI=1S/C11H15F2NO/c1-3-8(2)14-9-4-6-10(7-5-9)15-11(12)13/h4-8,11,14H,3H2,1-2H3. The van der Waals surface area contributed by atoms with Crippen molar-refractivity contribution < 1.29 is 13.5 Å². The van der Waals surface area contributed by atoms with Gasteiger partial charge in [-0.15, -0.1) is 0 Å². The third-order valence-corrected chi connectivity index (χ3v) is 2.10. The molecule has 0 saturated carbocycles. The van der Waals surface area contributed by atoms with E-state index in [1.807, 2.05) is 0 Å². The Labute approximate surface area is 88.3 Å². The maximum Gasteiger partial charge on any atom is 0.387 e. The molecule has 2 nitrogen and oxygen atoms in total. The van der Waals surface area contributed by atoms with E-state index < -0.39 is 6.61 Å². The Morgan fingerprint density at radius 3 is 2.33 bits per heavy atom. The first-order valence-electron chi connectivity index (χ1n) is 4.93. The van der Waals surface area contributed by atoms with Gasteiger partial charge in [0.15, 0.2) is 0 Å². The number of benzene rings is 1. The third kappa shape index (κ3) is 4.14. The molecule has 1 aromatic carbocycles. The summed E-state index contributed by atoms with van der Waals surface area (Å²) in [5, 5.41) is 3.23. The minimum absolute atomic E-state index is 0.180. The SMILES string of the molecule is CCC(C)Nc1ccc(OC(F)F)cc1. The topological polar surface area (TPSA) is 21.3 Å². The summed E-state index contributed by atoms with van der Waals surface area (Å²) in [6, 6.07) is 6.87. The first-order valence-corrected chi connectivity index (χ1v) is 4.93. The molecule has 0 bridgehead atoms. The summed E-state index contributed by atoms with van der Waals surface area (Å²) in [5.41, 5.74) is 0.908. The van der Waals surface area contributed by atoms with Crippen LogP contribution in [0.5, 0.6) is 5.75 Å². The van der Waals surface area contributed by atoms with Gasteiger partial charge in [0.2, 0.25) is 0 Å². The molecule has 0 radical (unpaired) electrons. The van der Waals surface area contributed by atoms with E-state index in [9.17, 15) is 8.78 Å². The fourth-order valence-electron chi connectivity index (χ4n) is 1.12. The van der Waals surface area contributed by atoms with Crippen molar-refractivity contribution in [2.45, 2.75) is 32.9 Å². The zero-order valence-corrected chi connectivity index (χ0v) is 8.84. The quantitative estimate of drug-likeness (QED) is 0.811. The van der Waals surface area contributed by atoms with Gasteiger partial charge in [-0.2, -0.15) is 8.78 Å². The maximum absolute atomic E-state index is 11.8. The number of nitrogens with one attached hydrogen (secondary N) is 1. The van der Waals surface area contributed by atoms with Crippen molar-refractivity contribution in [1.29, 1.82) is 0 Å². The molecule has 0 aliphatic rings. The molecule has 0 saturated heterocycles. The molecule has 1 atom stereocenters. The van der Waals surface area contributed by atoms with Crippen LogP contribution in [-0.4, -0.2) is 12.7 Å². The molecule has 1 aromatic rings. The van der Waals surface area contributed by atoms with Gasteiger partial charge in [-0.3, -0.25) is 0 Å². The van der Waals surface area contributed by atoms with E-state index in [1.54, 1.807) is 12.1 Å². The Balaban J connectivity index is 2.56. The van der Waals surface area contributed by atoms with Gasteiger partial charge in [0.25, 0.3) is 0 Å². The Hall–Kier alpha value is -1.32. The van der Waals surface area contributed by atoms with Crippen molar-refractivity contribution in [3.63, 3.8) is 0 Å². The molecule has 1 N–H and O–H groups in total. The van der Waals surface area contributed by atoms with Crippen LogP contribution < -0.4 is 10.1 Å². The van der Waals surface area contributed by atoms with Crippen LogP contribution in [-0.2, 0) is 0 Å². The van der Waals surface area contributed by atoms with Crippen LogP contribution in [0.2, 0.25) is 0 Å². The van der Waals surface area contributed by atoms with Gasteiger partial charge in [-0.05, 0) is 37.6 Å². The molecule has 0 aliphatic heterocycles. The van der Waals surface area contributed by atoms with E-state index in [0.29, 0.717) is 6.04 Å². The van der Waals surface area contributed by atoms with Gasteiger partial charge in [-0.1, -0.05) is 6.92 Å². The largest absolute Gasteiger partial charge is 0.435 e. The molecule has 84 valence electrons. The van der Waals surface area contributed by atoms with E-state index in [2.05, 4.69) is 23.9 Å². The summed E-state index contributed by atoms with van der Waals surface area (Å²) >= 11 is 0. The highest BCUT2D eigenvalue weighted by atomic mass is 19.3. The van der Waals surface area contributed by atoms with Crippen molar-refractivity contribution in [1.82, 2.24) is 0 Å². The van der Waals surface area contributed by atoms with Gasteiger partial charge in [0.05, 0.1) is 0 Å². The van der Waals surface area contributed by atoms with Crippen LogP contribution in [0.4, 0.5) is 14.5 Å². The zero-order chi connectivity index (χ0) is 11.3. The number of anilines is 1. The van der Waals surface area contributed by atoms with Crippen molar-refractivity contribution in [3.8, 4) is 5.75 Å². The highest BCUT2D eigenvalue weighted by molar-refractivity contribution is 5.46. The van der Waals surface area contributed by atoms with Crippen LogP contribution in [0, 0.1) is 0 Å². The summed E-state index contributed by atoms with van der Waals surface area (Å²) in [7, 11) is 0. The average molecular weight is 215 g/mol. The number of hydrogen-bond donors (Lipinski definition) is 1. The second-order valence-electron chi connectivity index (χ2n) is 3.36. The lowest BCUT2D eigenvalue weighted by Gasteiger charge is -2.13. The molecule has 1 unspecified atom stereocenters. The maximum atomic E-state index is 11.8. The number of alkyl halides is 2. The second-order valence-corrected chi connectivity index (χ2v) is 3.36. The third-order valence-electron chi connectivity index (χ3n) is 2.10. The highest BCUT2D eigenvalue weighted by Gasteiger charge is 2.04. The average Bonchev–Trinajstić information content (AvgIpc) is 2.20. The molecule has 1 rings (SSSR count). The van der Waals surface area contributed by atoms with Gasteiger partial charge in [0, 0.05) is 11.7 Å². The molecule has 0 aliphatic carbocycles. The van der Waals surface area contributed by atoms with Crippen molar-refractivity contribution in [2.75, 3.05) is 5.32 Å². The predicted molar refractivity (Wildman–Crippen MR) is 56.4 cm³/mol. The Kier molecular flexibility index (Phi) is 4.34. The molecule has 0 aromatic heterocycles. The molecule has 0 heterocycles. The summed E-state index contributed by atoms with van der Waals surface area (Å²) in [4.78, 5) is 0. The van der Waals surface area contributed by atoms with Crippen molar-refractivity contribution >= 4 is 5.69 Å². The smallest absolute Gasteiger partial charge is 0.387 e. The van der Waals surface area contributed by atoms with E-state index in [-0.39, 0.29) is 5.75 Å². The van der Waals surface area contributed by atoms with E-state index in [4.69, 9.17) is 0 Å². The normalized spacial score (nSPS) is 12.6. The minimum atomic E-state index is -2.77. The highest BCUT2D eigenvalue weighted by Crippen LogP contribution is 2.18. The molecule has 0 fully saturated rings. The summed E-state index contributed by atoms with van der Waals surface area (Å²) in [6.07, 6.45) is 1.01. The fourth-order valence-corrected chi connectivity index (χ4v) is 1.12. The zero-order valence-electron chi connectivity index (χ0n) is 8.84. The number of ether oxygens (including phenoxy) is 1. The van der Waals surface area contributed by atoms with Gasteiger partial charge < -0.3 is 10.1 Å². The summed E-state index contributed by atoms with van der Waals surface area (Å²) in [6.45, 7) is 1.37. The minimum Gasteiger partial charge on any atom is -0.435 e. The molecule has 0 spiro atoms. The molecule has 4 heteroatoms. The van der Waals surface area contributed by atoms with Gasteiger partial charge >= 0.3 is 6.61 Å². The molecule has 15 heavy (non-hydrogen) atoms. The van der Waals surface area contributed by atoms with Crippen LogP contribution in [0.15, 0.2) is 24.3 Å². The van der Waals surface area contributed by atoms with E-state index in [1.165, 1.54) is 12.1 Å². The van der Waals surface area contributed by atoms with Crippen molar-refractivity contribution in [2.24, 2.45) is 0 Å². The van der Waals surface area contributed by atoms with E-state index >= 15 is 0 Å². The lowest BCUT2D eigenvalue weighted by atomic mass is 10.2. The Bertz CT molecular complexity index is 287. The van der Waals surface area contributed by atoms with Gasteiger partial charge in [0.1, 0.15) is 5.75 Å². The Morgan fingerprint density at radius 1 is 1.27 bits per heavy atom. The number of hydrogen-bond acceptors (Lipinski definition) is 2. The number of rotatable bonds is 5. The molecular weight excluding hydrogens is 200 g/mol. The molecule has 0 amide bonds. The van der Waals surface area contributed by atoms with Crippen LogP contribution in [0.1, 0.15) is 20.3 Å². The van der Waals surface area contributed by atoms with Crippen LogP contribution in [0.25, 0.3) is 0 Å². The lowest BCUT2D eigenvalue weighted by molar-refractivity contribution is -0.0498. The van der Waals surface area contributed by atoms with Crippen LogP contribution >= 0.6 is 0 Å². The second kappa shape index (κ2) is 5.53.